The standard InChI is InChI=1S/C13H17F2NO2/c1-3-18-13(17)9(2)7-16-8-10-4-5-11(14)12(15)6-10/h4-6,9,16H,3,7-8H2,1-2H3. The van der Waals surface area contributed by atoms with Gasteiger partial charge in [0.2, 0.25) is 0 Å². The quantitative estimate of drug-likeness (QED) is 0.794. The Morgan fingerprint density at radius 1 is 1.39 bits per heavy atom. The average molecular weight is 257 g/mol. The lowest BCUT2D eigenvalue weighted by molar-refractivity contribution is -0.147. The van der Waals surface area contributed by atoms with Gasteiger partial charge in [0, 0.05) is 13.1 Å². The number of hydrogen-bond donors (Lipinski definition) is 1. The Balaban J connectivity index is 2.37. The van der Waals surface area contributed by atoms with Gasteiger partial charge in [-0.3, -0.25) is 4.79 Å². The lowest BCUT2D eigenvalue weighted by Crippen LogP contribution is -2.27. The number of nitrogens with one attached hydrogen (secondary N) is 1. The number of ether oxygens (including phenoxy) is 1. The molecule has 5 heteroatoms. The highest BCUT2D eigenvalue weighted by Crippen LogP contribution is 2.08. The Morgan fingerprint density at radius 2 is 2.11 bits per heavy atom. The molecule has 100 valence electrons. The van der Waals surface area contributed by atoms with Crippen LogP contribution < -0.4 is 5.32 Å². The van der Waals surface area contributed by atoms with Gasteiger partial charge < -0.3 is 10.1 Å². The molecule has 0 aliphatic carbocycles. The van der Waals surface area contributed by atoms with Gasteiger partial charge >= 0.3 is 5.97 Å². The van der Waals surface area contributed by atoms with E-state index in [2.05, 4.69) is 5.32 Å². The van der Waals surface area contributed by atoms with Crippen LogP contribution in [0.3, 0.4) is 0 Å². The van der Waals surface area contributed by atoms with Crippen molar-refractivity contribution in [2.45, 2.75) is 20.4 Å². The van der Waals surface area contributed by atoms with E-state index in [4.69, 9.17) is 4.74 Å². The number of benzene rings is 1. The maximum Gasteiger partial charge on any atom is 0.309 e. The molecule has 0 aliphatic rings. The van der Waals surface area contributed by atoms with Crippen LogP contribution in [-0.2, 0) is 16.1 Å². The molecule has 0 heterocycles. The molecule has 0 aliphatic heterocycles. The van der Waals surface area contributed by atoms with Crippen LogP contribution >= 0.6 is 0 Å². The number of hydrogen-bond acceptors (Lipinski definition) is 3. The molecule has 0 radical (unpaired) electrons. The molecule has 0 bridgehead atoms. The van der Waals surface area contributed by atoms with E-state index in [9.17, 15) is 13.6 Å². The van der Waals surface area contributed by atoms with Crippen molar-refractivity contribution in [2.75, 3.05) is 13.2 Å². The third kappa shape index (κ3) is 4.41. The van der Waals surface area contributed by atoms with Crippen LogP contribution in [-0.4, -0.2) is 19.1 Å². The Hall–Kier alpha value is -1.49. The zero-order valence-corrected chi connectivity index (χ0v) is 10.5. The van der Waals surface area contributed by atoms with Crippen LogP contribution in [0.5, 0.6) is 0 Å². The number of rotatable bonds is 6. The first kappa shape index (κ1) is 14.6. The van der Waals surface area contributed by atoms with E-state index >= 15 is 0 Å². The van der Waals surface area contributed by atoms with Crippen molar-refractivity contribution in [3.05, 3.63) is 35.4 Å². The predicted octanol–water partition coefficient (Wildman–Crippen LogP) is 2.25. The van der Waals surface area contributed by atoms with Gasteiger partial charge in [-0.15, -0.1) is 0 Å². The molecule has 1 rings (SSSR count). The molecule has 0 saturated carbocycles. The van der Waals surface area contributed by atoms with Crippen molar-refractivity contribution >= 4 is 5.97 Å². The van der Waals surface area contributed by atoms with E-state index < -0.39 is 11.6 Å². The first-order chi connectivity index (χ1) is 8.54. The van der Waals surface area contributed by atoms with Gasteiger partial charge in [0.25, 0.3) is 0 Å². The lowest BCUT2D eigenvalue weighted by atomic mass is 10.1. The molecule has 18 heavy (non-hydrogen) atoms. The molecule has 1 aromatic carbocycles. The average Bonchev–Trinajstić information content (AvgIpc) is 2.34. The fraction of sp³-hybridized carbons (Fsp3) is 0.462. The third-order valence-corrected chi connectivity index (χ3v) is 2.45. The van der Waals surface area contributed by atoms with E-state index in [0.717, 1.165) is 12.1 Å². The molecule has 1 aromatic rings. The molecule has 3 nitrogen and oxygen atoms in total. The molecular formula is C13H17F2NO2. The Bertz CT molecular complexity index is 410. The van der Waals surface area contributed by atoms with Crippen LogP contribution in [0.2, 0.25) is 0 Å². The summed E-state index contributed by atoms with van der Waals surface area (Å²) in [4.78, 5) is 11.3. The minimum atomic E-state index is -0.868. The highest BCUT2D eigenvalue weighted by Gasteiger charge is 2.13. The summed E-state index contributed by atoms with van der Waals surface area (Å²) in [5.41, 5.74) is 0.630. The second kappa shape index (κ2) is 7.06. The largest absolute Gasteiger partial charge is 0.466 e. The van der Waals surface area contributed by atoms with Gasteiger partial charge in [-0.25, -0.2) is 8.78 Å². The van der Waals surface area contributed by atoms with Crippen LogP contribution in [0.4, 0.5) is 8.78 Å². The van der Waals surface area contributed by atoms with Crippen LogP contribution in [0.15, 0.2) is 18.2 Å². The van der Waals surface area contributed by atoms with Gasteiger partial charge in [0.1, 0.15) is 0 Å². The van der Waals surface area contributed by atoms with Crippen LogP contribution in [0.1, 0.15) is 19.4 Å². The second-order valence-corrected chi connectivity index (χ2v) is 4.03. The number of carbonyl (C=O) groups is 1. The number of carbonyl (C=O) groups excluding carboxylic acids is 1. The normalized spacial score (nSPS) is 12.2. The maximum atomic E-state index is 12.9. The van der Waals surface area contributed by atoms with Crippen LogP contribution in [0, 0.1) is 17.6 Å². The molecule has 0 saturated heterocycles. The highest BCUT2D eigenvalue weighted by atomic mass is 19.2. The second-order valence-electron chi connectivity index (χ2n) is 4.03. The van der Waals surface area contributed by atoms with Crippen molar-refractivity contribution in [3.63, 3.8) is 0 Å². The summed E-state index contributed by atoms with van der Waals surface area (Å²) in [6.45, 7) is 4.65. The number of halogens is 2. The Kier molecular flexibility index (Phi) is 5.71. The molecule has 0 fully saturated rings. The first-order valence-corrected chi connectivity index (χ1v) is 5.85. The zero-order chi connectivity index (χ0) is 13.5. The minimum absolute atomic E-state index is 0.268. The minimum Gasteiger partial charge on any atom is -0.466 e. The summed E-state index contributed by atoms with van der Waals surface area (Å²) in [5.74, 6) is -2.27. The van der Waals surface area contributed by atoms with E-state index in [-0.39, 0.29) is 11.9 Å². The van der Waals surface area contributed by atoms with Crippen molar-refractivity contribution in [1.29, 1.82) is 0 Å². The van der Waals surface area contributed by atoms with Crippen molar-refractivity contribution in [2.24, 2.45) is 5.92 Å². The molecule has 0 aromatic heterocycles. The van der Waals surface area contributed by atoms with Gasteiger partial charge in [-0.05, 0) is 24.6 Å². The molecule has 0 amide bonds. The Labute approximate surface area is 105 Å². The molecular weight excluding hydrogens is 240 g/mol. The van der Waals surface area contributed by atoms with E-state index in [0.29, 0.717) is 25.3 Å². The fourth-order valence-corrected chi connectivity index (χ4v) is 1.45. The van der Waals surface area contributed by atoms with E-state index in [1.165, 1.54) is 6.07 Å². The first-order valence-electron chi connectivity index (χ1n) is 5.85. The zero-order valence-electron chi connectivity index (χ0n) is 10.5. The smallest absolute Gasteiger partial charge is 0.309 e. The van der Waals surface area contributed by atoms with Crippen molar-refractivity contribution in [3.8, 4) is 0 Å². The summed E-state index contributed by atoms with van der Waals surface area (Å²) >= 11 is 0. The summed E-state index contributed by atoms with van der Waals surface area (Å²) in [5, 5.41) is 3.00. The third-order valence-electron chi connectivity index (χ3n) is 2.45. The van der Waals surface area contributed by atoms with Gasteiger partial charge in [-0.1, -0.05) is 13.0 Å². The summed E-state index contributed by atoms with van der Waals surface area (Å²) in [7, 11) is 0. The highest BCUT2D eigenvalue weighted by molar-refractivity contribution is 5.72. The molecule has 0 spiro atoms. The van der Waals surface area contributed by atoms with Crippen molar-refractivity contribution in [1.82, 2.24) is 5.32 Å². The van der Waals surface area contributed by atoms with E-state index in [1.807, 2.05) is 0 Å². The van der Waals surface area contributed by atoms with E-state index in [1.54, 1.807) is 13.8 Å². The SMILES string of the molecule is CCOC(=O)C(C)CNCc1ccc(F)c(F)c1. The summed E-state index contributed by atoms with van der Waals surface area (Å²) in [6, 6.07) is 3.72. The summed E-state index contributed by atoms with van der Waals surface area (Å²) < 4.78 is 30.5. The lowest BCUT2D eigenvalue weighted by Gasteiger charge is -2.11. The van der Waals surface area contributed by atoms with Crippen molar-refractivity contribution < 1.29 is 18.3 Å². The van der Waals surface area contributed by atoms with Gasteiger partial charge in [0.05, 0.1) is 12.5 Å². The maximum absolute atomic E-state index is 12.9. The summed E-state index contributed by atoms with van der Waals surface area (Å²) in [6.07, 6.45) is 0. The van der Waals surface area contributed by atoms with Crippen LogP contribution in [0.25, 0.3) is 0 Å². The topological polar surface area (TPSA) is 38.3 Å². The molecule has 1 unspecified atom stereocenters. The van der Waals surface area contributed by atoms with Gasteiger partial charge in [-0.2, -0.15) is 0 Å². The molecule has 1 atom stereocenters. The number of esters is 1. The monoisotopic (exact) mass is 257 g/mol. The predicted molar refractivity (Wildman–Crippen MR) is 63.9 cm³/mol. The fourth-order valence-electron chi connectivity index (χ4n) is 1.45. The Morgan fingerprint density at radius 3 is 2.72 bits per heavy atom. The van der Waals surface area contributed by atoms with Gasteiger partial charge in [0.15, 0.2) is 11.6 Å². The molecule has 1 N–H and O–H groups in total.